The number of rotatable bonds is 5. The van der Waals surface area contributed by atoms with Crippen LogP contribution in [0.3, 0.4) is 0 Å². The second-order valence-electron chi connectivity index (χ2n) is 7.47. The molecule has 3 aromatic rings. The van der Waals surface area contributed by atoms with Gasteiger partial charge in [0.2, 0.25) is 5.91 Å². The van der Waals surface area contributed by atoms with Gasteiger partial charge in [0, 0.05) is 49.9 Å². The van der Waals surface area contributed by atoms with E-state index in [-0.39, 0.29) is 17.8 Å². The van der Waals surface area contributed by atoms with Crippen molar-refractivity contribution >= 4 is 29.1 Å². The number of carbonyl (C=O) groups is 1. The van der Waals surface area contributed by atoms with E-state index in [2.05, 4.69) is 10.2 Å². The lowest BCUT2D eigenvalue weighted by Gasteiger charge is -2.16. The van der Waals surface area contributed by atoms with Gasteiger partial charge in [-0.1, -0.05) is 23.2 Å². The lowest BCUT2D eigenvalue weighted by Crippen LogP contribution is -2.35. The largest absolute Gasteiger partial charge is 0.352 e. The Morgan fingerprint density at radius 2 is 1.97 bits per heavy atom. The van der Waals surface area contributed by atoms with Crippen LogP contribution in [0.15, 0.2) is 48.7 Å². The topological polar surface area (TPSA) is 50.2 Å². The van der Waals surface area contributed by atoms with Gasteiger partial charge in [0.1, 0.15) is 5.82 Å². The second kappa shape index (κ2) is 8.76. The molecule has 2 aromatic carbocycles. The summed E-state index contributed by atoms with van der Waals surface area (Å²) in [6, 6.07) is 11.8. The minimum absolute atomic E-state index is 0.0127. The van der Waals surface area contributed by atoms with Gasteiger partial charge in [-0.2, -0.15) is 5.10 Å². The summed E-state index contributed by atoms with van der Waals surface area (Å²) in [7, 11) is 0. The maximum Gasteiger partial charge on any atom is 0.217 e. The SMILES string of the molecule is CC(=O)N[C@H]1CCN(Cc2cn(-c3ccc(Cl)c(Cl)c3)nc2-c2ccc(F)cc2)C1. The van der Waals surface area contributed by atoms with Crippen molar-refractivity contribution in [3.8, 4) is 16.9 Å². The summed E-state index contributed by atoms with van der Waals surface area (Å²) in [5.41, 5.74) is 3.42. The molecular weight excluding hydrogens is 426 g/mol. The van der Waals surface area contributed by atoms with Crippen LogP contribution < -0.4 is 5.32 Å². The van der Waals surface area contributed by atoms with E-state index in [1.165, 1.54) is 19.1 Å². The molecule has 1 N–H and O–H groups in total. The molecule has 30 heavy (non-hydrogen) atoms. The predicted octanol–water partition coefficient (Wildman–Crippen LogP) is 4.70. The summed E-state index contributed by atoms with van der Waals surface area (Å²) in [6.07, 6.45) is 2.87. The molecule has 0 unspecified atom stereocenters. The first-order valence-corrected chi connectivity index (χ1v) is 10.4. The van der Waals surface area contributed by atoms with Gasteiger partial charge in [-0.05, 0) is 48.9 Å². The van der Waals surface area contributed by atoms with Crippen LogP contribution in [-0.4, -0.2) is 39.7 Å². The third-order valence-corrected chi connectivity index (χ3v) is 5.89. The number of benzene rings is 2. The van der Waals surface area contributed by atoms with Gasteiger partial charge in [0.25, 0.3) is 0 Å². The molecular formula is C22H21Cl2FN4O. The Morgan fingerprint density at radius 1 is 1.20 bits per heavy atom. The highest BCUT2D eigenvalue weighted by Gasteiger charge is 2.25. The maximum atomic E-state index is 13.4. The summed E-state index contributed by atoms with van der Waals surface area (Å²) in [6.45, 7) is 3.87. The van der Waals surface area contributed by atoms with Crippen molar-refractivity contribution in [2.45, 2.75) is 25.9 Å². The number of likely N-dealkylation sites (tertiary alicyclic amines) is 1. The van der Waals surface area contributed by atoms with E-state index in [1.807, 2.05) is 12.3 Å². The molecule has 0 spiro atoms. The molecule has 2 heterocycles. The van der Waals surface area contributed by atoms with E-state index < -0.39 is 0 Å². The van der Waals surface area contributed by atoms with Gasteiger partial charge in [0.05, 0.1) is 21.4 Å². The first kappa shape index (κ1) is 20.8. The fourth-order valence-electron chi connectivity index (χ4n) is 3.76. The van der Waals surface area contributed by atoms with Crippen LogP contribution in [0, 0.1) is 5.82 Å². The van der Waals surface area contributed by atoms with E-state index in [1.54, 1.807) is 28.9 Å². The Bertz CT molecular complexity index is 1070. The summed E-state index contributed by atoms with van der Waals surface area (Å²) in [4.78, 5) is 13.6. The first-order chi connectivity index (χ1) is 14.4. The summed E-state index contributed by atoms with van der Waals surface area (Å²) in [5, 5.41) is 8.67. The van der Waals surface area contributed by atoms with Crippen molar-refractivity contribution in [2.75, 3.05) is 13.1 Å². The van der Waals surface area contributed by atoms with Crippen LogP contribution in [-0.2, 0) is 11.3 Å². The molecule has 0 radical (unpaired) electrons. The molecule has 1 saturated heterocycles. The first-order valence-electron chi connectivity index (χ1n) is 9.68. The molecule has 1 atom stereocenters. The third-order valence-electron chi connectivity index (χ3n) is 5.15. The number of nitrogens with one attached hydrogen (secondary N) is 1. The fourth-order valence-corrected chi connectivity index (χ4v) is 4.05. The monoisotopic (exact) mass is 446 g/mol. The fraction of sp³-hybridized carbons (Fsp3) is 0.273. The average Bonchev–Trinajstić information content (AvgIpc) is 3.31. The Morgan fingerprint density at radius 3 is 2.67 bits per heavy atom. The molecule has 1 amide bonds. The number of carbonyl (C=O) groups excluding carboxylic acids is 1. The summed E-state index contributed by atoms with van der Waals surface area (Å²) < 4.78 is 15.2. The van der Waals surface area contributed by atoms with Crippen molar-refractivity contribution in [3.63, 3.8) is 0 Å². The van der Waals surface area contributed by atoms with E-state index in [0.29, 0.717) is 16.6 Å². The van der Waals surface area contributed by atoms with Crippen molar-refractivity contribution in [1.82, 2.24) is 20.0 Å². The lowest BCUT2D eigenvalue weighted by molar-refractivity contribution is -0.119. The minimum atomic E-state index is -0.290. The third kappa shape index (κ3) is 4.67. The molecule has 0 aliphatic carbocycles. The van der Waals surface area contributed by atoms with Crippen molar-refractivity contribution in [3.05, 3.63) is 70.1 Å². The van der Waals surface area contributed by atoms with E-state index in [0.717, 1.165) is 42.0 Å². The minimum Gasteiger partial charge on any atom is -0.352 e. The Balaban J connectivity index is 1.65. The van der Waals surface area contributed by atoms with Gasteiger partial charge in [-0.3, -0.25) is 9.69 Å². The molecule has 4 rings (SSSR count). The standard InChI is InChI=1S/C22H21Cl2FN4O/c1-14(30)26-18-8-9-28(13-18)11-16-12-29(19-6-7-20(23)21(24)10-19)27-22(16)15-2-4-17(25)5-3-15/h2-7,10,12,18H,8-9,11,13H2,1H3,(H,26,30)/t18-/m0/s1. The Hall–Kier alpha value is -2.41. The van der Waals surface area contributed by atoms with Crippen LogP contribution in [0.2, 0.25) is 10.0 Å². The predicted molar refractivity (Wildman–Crippen MR) is 116 cm³/mol. The normalized spacial score (nSPS) is 16.7. The maximum absolute atomic E-state index is 13.4. The van der Waals surface area contributed by atoms with Gasteiger partial charge >= 0.3 is 0 Å². The van der Waals surface area contributed by atoms with Crippen molar-refractivity contribution in [2.24, 2.45) is 0 Å². The van der Waals surface area contributed by atoms with E-state index >= 15 is 0 Å². The molecule has 0 bridgehead atoms. The van der Waals surface area contributed by atoms with Gasteiger partial charge in [-0.25, -0.2) is 9.07 Å². The summed E-state index contributed by atoms with van der Waals surface area (Å²) in [5.74, 6) is -0.303. The zero-order chi connectivity index (χ0) is 21.3. The quantitative estimate of drug-likeness (QED) is 0.617. The van der Waals surface area contributed by atoms with Gasteiger partial charge in [0.15, 0.2) is 0 Å². The van der Waals surface area contributed by atoms with Crippen LogP contribution in [0.4, 0.5) is 4.39 Å². The number of hydrogen-bond donors (Lipinski definition) is 1. The average molecular weight is 447 g/mol. The Labute approximate surface area is 184 Å². The van der Waals surface area contributed by atoms with E-state index in [9.17, 15) is 9.18 Å². The zero-order valence-electron chi connectivity index (χ0n) is 16.4. The highest BCUT2D eigenvalue weighted by molar-refractivity contribution is 6.42. The number of hydrogen-bond acceptors (Lipinski definition) is 3. The second-order valence-corrected chi connectivity index (χ2v) is 8.29. The molecule has 1 fully saturated rings. The molecule has 156 valence electrons. The van der Waals surface area contributed by atoms with Crippen LogP contribution in [0.1, 0.15) is 18.9 Å². The summed E-state index contributed by atoms with van der Waals surface area (Å²) >= 11 is 12.2. The van der Waals surface area contributed by atoms with Gasteiger partial charge < -0.3 is 5.32 Å². The highest BCUT2D eigenvalue weighted by Crippen LogP contribution is 2.29. The highest BCUT2D eigenvalue weighted by atomic mass is 35.5. The number of aromatic nitrogens is 2. The van der Waals surface area contributed by atoms with E-state index in [4.69, 9.17) is 28.3 Å². The lowest BCUT2D eigenvalue weighted by atomic mass is 10.1. The van der Waals surface area contributed by atoms with Crippen molar-refractivity contribution in [1.29, 1.82) is 0 Å². The van der Waals surface area contributed by atoms with Gasteiger partial charge in [-0.15, -0.1) is 0 Å². The molecule has 1 aromatic heterocycles. The molecule has 0 saturated carbocycles. The number of nitrogens with zero attached hydrogens (tertiary/aromatic N) is 3. The van der Waals surface area contributed by atoms with Crippen LogP contribution >= 0.6 is 23.2 Å². The number of halogens is 3. The zero-order valence-corrected chi connectivity index (χ0v) is 17.9. The Kier molecular flexibility index (Phi) is 6.09. The number of amides is 1. The van der Waals surface area contributed by atoms with Crippen molar-refractivity contribution < 1.29 is 9.18 Å². The smallest absolute Gasteiger partial charge is 0.217 e. The van der Waals surface area contributed by atoms with Crippen LogP contribution in [0.5, 0.6) is 0 Å². The molecule has 5 nitrogen and oxygen atoms in total. The molecule has 1 aliphatic heterocycles. The van der Waals surface area contributed by atoms with Crippen LogP contribution in [0.25, 0.3) is 16.9 Å². The molecule has 1 aliphatic rings. The molecule has 8 heteroatoms.